The summed E-state index contributed by atoms with van der Waals surface area (Å²) in [7, 11) is 0. The van der Waals surface area contributed by atoms with E-state index < -0.39 is 0 Å². The largest absolute Gasteiger partial charge is 0.284 e. The molecule has 2 aromatic rings. The van der Waals surface area contributed by atoms with E-state index in [0.29, 0.717) is 5.02 Å². The van der Waals surface area contributed by atoms with Gasteiger partial charge in [-0.25, -0.2) is 0 Å². The minimum absolute atomic E-state index is 0.0390. The molecule has 0 aliphatic rings. The molecule has 0 amide bonds. The van der Waals surface area contributed by atoms with E-state index in [1.54, 1.807) is 22.9 Å². The first-order valence-electron chi connectivity index (χ1n) is 4.63. The molecule has 0 radical (unpaired) electrons. The predicted molar refractivity (Wildman–Crippen MR) is 61.8 cm³/mol. The Morgan fingerprint density at radius 1 is 1.20 bits per heavy atom. The highest BCUT2D eigenvalue weighted by Gasteiger charge is 2.02. The highest BCUT2D eigenvalue weighted by molar-refractivity contribution is 6.30. The average Bonchev–Trinajstić information content (AvgIpc) is 2.20. The predicted octanol–water partition coefficient (Wildman–Crippen LogP) is 2.80. The lowest BCUT2D eigenvalue weighted by Gasteiger charge is -2.08. The molecule has 1 aromatic carbocycles. The quantitative estimate of drug-likeness (QED) is 0.723. The minimum atomic E-state index is -0.0390. The Labute approximate surface area is 92.7 Å². The molecule has 0 fully saturated rings. The molecule has 0 unspecified atom stereocenters. The van der Waals surface area contributed by atoms with Crippen molar-refractivity contribution in [3.63, 3.8) is 0 Å². The van der Waals surface area contributed by atoms with Gasteiger partial charge >= 0.3 is 0 Å². The van der Waals surface area contributed by atoms with Gasteiger partial charge in [0.05, 0.1) is 5.69 Å². The number of hydrogen-bond donors (Lipinski definition) is 0. The molecule has 1 heterocycles. The van der Waals surface area contributed by atoms with E-state index in [-0.39, 0.29) is 5.56 Å². The SMILES string of the molecule is Cc1cc(Cl)ccc1-n1ccccc1=O. The van der Waals surface area contributed by atoms with E-state index in [1.807, 2.05) is 25.1 Å². The zero-order chi connectivity index (χ0) is 10.8. The average molecular weight is 220 g/mol. The number of rotatable bonds is 1. The minimum Gasteiger partial charge on any atom is -0.284 e. The Morgan fingerprint density at radius 3 is 2.67 bits per heavy atom. The maximum Gasteiger partial charge on any atom is 0.255 e. The van der Waals surface area contributed by atoms with Crippen molar-refractivity contribution in [2.75, 3.05) is 0 Å². The van der Waals surface area contributed by atoms with Crippen molar-refractivity contribution < 1.29 is 0 Å². The Balaban J connectivity index is 2.65. The summed E-state index contributed by atoms with van der Waals surface area (Å²) in [6.45, 7) is 1.93. The molecule has 76 valence electrons. The molecule has 15 heavy (non-hydrogen) atoms. The molecule has 0 saturated heterocycles. The third-order valence-corrected chi connectivity index (χ3v) is 2.48. The Hall–Kier alpha value is -1.54. The second-order valence-electron chi connectivity index (χ2n) is 3.34. The molecule has 0 atom stereocenters. The van der Waals surface area contributed by atoms with E-state index in [4.69, 9.17) is 11.6 Å². The Bertz CT molecular complexity index is 545. The van der Waals surface area contributed by atoms with E-state index >= 15 is 0 Å². The van der Waals surface area contributed by atoms with Crippen molar-refractivity contribution in [3.05, 3.63) is 63.5 Å². The summed E-state index contributed by atoms with van der Waals surface area (Å²) in [5.74, 6) is 0. The monoisotopic (exact) mass is 219 g/mol. The number of hydrogen-bond acceptors (Lipinski definition) is 1. The van der Waals surface area contributed by atoms with Gasteiger partial charge in [0.1, 0.15) is 0 Å². The fourth-order valence-electron chi connectivity index (χ4n) is 1.52. The molecule has 1 aromatic heterocycles. The summed E-state index contributed by atoms with van der Waals surface area (Å²) in [5.41, 5.74) is 1.81. The standard InChI is InChI=1S/C12H10ClNO/c1-9-8-10(13)5-6-11(9)14-7-3-2-4-12(14)15/h2-8H,1H3. The van der Waals surface area contributed by atoms with Crippen LogP contribution in [0.1, 0.15) is 5.56 Å². The van der Waals surface area contributed by atoms with E-state index in [1.165, 1.54) is 6.07 Å². The highest BCUT2D eigenvalue weighted by Crippen LogP contribution is 2.17. The fourth-order valence-corrected chi connectivity index (χ4v) is 1.74. The van der Waals surface area contributed by atoms with Crippen LogP contribution in [-0.2, 0) is 0 Å². The molecule has 0 aliphatic carbocycles. The molecule has 0 bridgehead atoms. The lowest BCUT2D eigenvalue weighted by molar-refractivity contribution is 0.978. The van der Waals surface area contributed by atoms with Crippen LogP contribution in [0.4, 0.5) is 0 Å². The number of aryl methyl sites for hydroxylation is 1. The number of aromatic nitrogens is 1. The molecule has 2 nitrogen and oxygen atoms in total. The maximum atomic E-state index is 11.6. The van der Waals surface area contributed by atoms with Gasteiger partial charge in [0, 0.05) is 17.3 Å². The van der Waals surface area contributed by atoms with Crippen molar-refractivity contribution in [3.8, 4) is 5.69 Å². The van der Waals surface area contributed by atoms with Crippen LogP contribution in [0.25, 0.3) is 5.69 Å². The van der Waals surface area contributed by atoms with Gasteiger partial charge in [-0.05, 0) is 36.8 Å². The van der Waals surface area contributed by atoms with Crippen LogP contribution in [0, 0.1) is 6.92 Å². The molecule has 0 saturated carbocycles. The van der Waals surface area contributed by atoms with Crippen molar-refractivity contribution in [1.29, 1.82) is 0 Å². The smallest absolute Gasteiger partial charge is 0.255 e. The van der Waals surface area contributed by atoms with Crippen LogP contribution in [-0.4, -0.2) is 4.57 Å². The van der Waals surface area contributed by atoms with Gasteiger partial charge in [-0.1, -0.05) is 17.7 Å². The topological polar surface area (TPSA) is 22.0 Å². The van der Waals surface area contributed by atoms with Gasteiger partial charge in [-0.2, -0.15) is 0 Å². The van der Waals surface area contributed by atoms with Gasteiger partial charge in [-0.3, -0.25) is 9.36 Å². The molecule has 0 spiro atoms. The Morgan fingerprint density at radius 2 is 2.00 bits per heavy atom. The molecule has 2 rings (SSSR count). The highest BCUT2D eigenvalue weighted by atomic mass is 35.5. The number of pyridine rings is 1. The van der Waals surface area contributed by atoms with Gasteiger partial charge < -0.3 is 0 Å². The first-order valence-corrected chi connectivity index (χ1v) is 5.00. The van der Waals surface area contributed by atoms with Crippen LogP contribution in [0.5, 0.6) is 0 Å². The lowest BCUT2D eigenvalue weighted by Crippen LogP contribution is -2.16. The summed E-state index contributed by atoms with van der Waals surface area (Å²) in [5, 5.41) is 0.681. The van der Waals surface area contributed by atoms with Crippen LogP contribution >= 0.6 is 11.6 Å². The Kier molecular flexibility index (Phi) is 2.60. The van der Waals surface area contributed by atoms with Gasteiger partial charge in [0.2, 0.25) is 0 Å². The third-order valence-electron chi connectivity index (χ3n) is 2.24. The summed E-state index contributed by atoms with van der Waals surface area (Å²) >= 11 is 5.86. The lowest BCUT2D eigenvalue weighted by atomic mass is 10.2. The number of nitrogens with zero attached hydrogens (tertiary/aromatic N) is 1. The van der Waals surface area contributed by atoms with Gasteiger partial charge in [0.25, 0.3) is 5.56 Å². The number of benzene rings is 1. The second kappa shape index (κ2) is 3.91. The summed E-state index contributed by atoms with van der Waals surface area (Å²) in [4.78, 5) is 11.6. The molecular formula is C12H10ClNO. The first-order chi connectivity index (χ1) is 7.18. The van der Waals surface area contributed by atoms with Crippen LogP contribution in [0.15, 0.2) is 47.4 Å². The fraction of sp³-hybridized carbons (Fsp3) is 0.0833. The van der Waals surface area contributed by atoms with Gasteiger partial charge in [0.15, 0.2) is 0 Å². The van der Waals surface area contributed by atoms with Crippen molar-refractivity contribution in [1.82, 2.24) is 4.57 Å². The van der Waals surface area contributed by atoms with Gasteiger partial charge in [-0.15, -0.1) is 0 Å². The van der Waals surface area contributed by atoms with Crippen LogP contribution < -0.4 is 5.56 Å². The summed E-state index contributed by atoms with van der Waals surface area (Å²) < 4.78 is 1.60. The second-order valence-corrected chi connectivity index (χ2v) is 3.78. The summed E-state index contributed by atoms with van der Waals surface area (Å²) in [6, 6.07) is 10.6. The number of halogens is 1. The van der Waals surface area contributed by atoms with E-state index in [2.05, 4.69) is 0 Å². The van der Waals surface area contributed by atoms with E-state index in [0.717, 1.165) is 11.3 Å². The zero-order valence-electron chi connectivity index (χ0n) is 8.27. The van der Waals surface area contributed by atoms with Crippen LogP contribution in [0.3, 0.4) is 0 Å². The normalized spacial score (nSPS) is 10.3. The first kappa shape index (κ1) is 9.99. The van der Waals surface area contributed by atoms with E-state index in [9.17, 15) is 4.79 Å². The molecule has 0 aliphatic heterocycles. The maximum absolute atomic E-state index is 11.6. The molecule has 3 heteroatoms. The molecule has 0 N–H and O–H groups in total. The van der Waals surface area contributed by atoms with Crippen LogP contribution in [0.2, 0.25) is 5.02 Å². The van der Waals surface area contributed by atoms with Crippen molar-refractivity contribution in [2.24, 2.45) is 0 Å². The summed E-state index contributed by atoms with van der Waals surface area (Å²) in [6.07, 6.45) is 1.75. The zero-order valence-corrected chi connectivity index (χ0v) is 9.03. The molecular weight excluding hydrogens is 210 g/mol. The third kappa shape index (κ3) is 1.95. The van der Waals surface area contributed by atoms with Crippen molar-refractivity contribution in [2.45, 2.75) is 6.92 Å². The van der Waals surface area contributed by atoms with Crippen molar-refractivity contribution >= 4 is 11.6 Å².